The molecule has 0 amide bonds. The van der Waals surface area contributed by atoms with Crippen molar-refractivity contribution in [2.24, 2.45) is 0 Å². The zero-order chi connectivity index (χ0) is 19.9. The summed E-state index contributed by atoms with van der Waals surface area (Å²) in [6.45, 7) is 2.85. The lowest BCUT2D eigenvalue weighted by molar-refractivity contribution is -0.0501. The highest BCUT2D eigenvalue weighted by molar-refractivity contribution is 7.87. The Labute approximate surface area is 157 Å². The van der Waals surface area contributed by atoms with Crippen LogP contribution in [0.4, 0.5) is 13.2 Å². The SMILES string of the molecule is CCCCCCCCCCn1ccc2ccc(OS(=O)(=O)C(F)(F)F)nc21. The second-order valence-corrected chi connectivity index (χ2v) is 8.07. The molecular formula is C18H25F3N2O3S. The number of aryl methyl sites for hydroxylation is 1. The molecule has 2 aromatic heterocycles. The van der Waals surface area contributed by atoms with Gasteiger partial charge in [-0.1, -0.05) is 51.9 Å². The largest absolute Gasteiger partial charge is 0.534 e. The minimum absolute atomic E-state index is 0.410. The highest BCUT2D eigenvalue weighted by Crippen LogP contribution is 2.27. The van der Waals surface area contributed by atoms with Crippen molar-refractivity contribution in [2.75, 3.05) is 0 Å². The lowest BCUT2D eigenvalue weighted by Gasteiger charge is -2.09. The minimum atomic E-state index is -5.72. The third kappa shape index (κ3) is 6.12. The van der Waals surface area contributed by atoms with E-state index in [1.807, 2.05) is 0 Å². The number of aromatic nitrogens is 2. The summed E-state index contributed by atoms with van der Waals surface area (Å²) in [7, 11) is -5.72. The van der Waals surface area contributed by atoms with E-state index in [1.165, 1.54) is 38.2 Å². The molecule has 152 valence electrons. The number of hydrogen-bond donors (Lipinski definition) is 0. The van der Waals surface area contributed by atoms with Crippen LogP contribution in [0.5, 0.6) is 5.88 Å². The van der Waals surface area contributed by atoms with Gasteiger partial charge in [-0.2, -0.15) is 26.6 Å². The zero-order valence-electron chi connectivity index (χ0n) is 15.3. The second-order valence-electron chi connectivity index (χ2n) is 6.53. The lowest BCUT2D eigenvalue weighted by atomic mass is 10.1. The number of unbranched alkanes of at least 4 members (excludes halogenated alkanes) is 7. The van der Waals surface area contributed by atoms with E-state index in [-0.39, 0.29) is 0 Å². The van der Waals surface area contributed by atoms with Gasteiger partial charge in [0.1, 0.15) is 5.65 Å². The fourth-order valence-corrected chi connectivity index (χ4v) is 3.26. The zero-order valence-corrected chi connectivity index (χ0v) is 16.2. The van der Waals surface area contributed by atoms with Crippen LogP contribution in [0.2, 0.25) is 0 Å². The predicted octanol–water partition coefficient (Wildman–Crippen LogP) is 5.41. The van der Waals surface area contributed by atoms with Crippen LogP contribution in [0.25, 0.3) is 11.0 Å². The maximum Gasteiger partial charge on any atom is 0.534 e. The molecule has 0 aromatic carbocycles. The molecular weight excluding hydrogens is 381 g/mol. The Morgan fingerprint density at radius 1 is 1.00 bits per heavy atom. The van der Waals surface area contributed by atoms with Crippen molar-refractivity contribution in [1.82, 2.24) is 9.55 Å². The molecule has 9 heteroatoms. The van der Waals surface area contributed by atoms with Crippen LogP contribution in [0.15, 0.2) is 24.4 Å². The molecule has 0 saturated heterocycles. The molecule has 0 fully saturated rings. The first-order valence-electron chi connectivity index (χ1n) is 9.21. The topological polar surface area (TPSA) is 61.2 Å². The van der Waals surface area contributed by atoms with Gasteiger partial charge in [-0.3, -0.25) is 0 Å². The van der Waals surface area contributed by atoms with E-state index in [9.17, 15) is 21.6 Å². The molecule has 0 bridgehead atoms. The molecule has 5 nitrogen and oxygen atoms in total. The van der Waals surface area contributed by atoms with Crippen LogP contribution in [0, 0.1) is 0 Å². The second kappa shape index (κ2) is 9.43. The molecule has 2 rings (SSSR count). The van der Waals surface area contributed by atoms with Crippen molar-refractivity contribution in [3.05, 3.63) is 24.4 Å². The molecule has 0 aliphatic rings. The van der Waals surface area contributed by atoms with E-state index < -0.39 is 21.5 Å². The summed E-state index contributed by atoms with van der Waals surface area (Å²) in [6, 6.07) is 4.40. The van der Waals surface area contributed by atoms with Gasteiger partial charge in [-0.15, -0.1) is 0 Å². The van der Waals surface area contributed by atoms with Crippen molar-refractivity contribution < 1.29 is 25.8 Å². The molecule has 0 saturated carbocycles. The van der Waals surface area contributed by atoms with Gasteiger partial charge in [-0.25, -0.2) is 0 Å². The van der Waals surface area contributed by atoms with Crippen molar-refractivity contribution in [2.45, 2.75) is 70.3 Å². The number of alkyl halides is 3. The minimum Gasteiger partial charge on any atom is -0.355 e. The molecule has 2 aromatic rings. The quantitative estimate of drug-likeness (QED) is 0.285. The summed E-state index contributed by atoms with van der Waals surface area (Å²) in [6.07, 6.45) is 11.1. The Balaban J connectivity index is 1.93. The van der Waals surface area contributed by atoms with Gasteiger partial charge in [0.25, 0.3) is 0 Å². The highest BCUT2D eigenvalue weighted by atomic mass is 32.2. The summed E-state index contributed by atoms with van der Waals surface area (Å²) in [5.41, 5.74) is -5.07. The standard InChI is InChI=1S/C18H25F3N2O3S/c1-2-3-4-5-6-7-8-9-13-23-14-12-15-10-11-16(22-17(15)23)26-27(24,25)18(19,20)21/h10-12,14H,2-9,13H2,1H3. The molecule has 2 heterocycles. The van der Waals surface area contributed by atoms with Gasteiger partial charge in [-0.05, 0) is 18.6 Å². The Bertz CT molecular complexity index is 832. The van der Waals surface area contributed by atoms with E-state index in [1.54, 1.807) is 16.8 Å². The van der Waals surface area contributed by atoms with E-state index in [0.29, 0.717) is 17.6 Å². The highest BCUT2D eigenvalue weighted by Gasteiger charge is 2.48. The molecule has 0 N–H and O–H groups in total. The van der Waals surface area contributed by atoms with Crippen LogP contribution in [0.3, 0.4) is 0 Å². The molecule has 0 atom stereocenters. The van der Waals surface area contributed by atoms with Gasteiger partial charge in [0.05, 0.1) is 0 Å². The lowest BCUT2D eigenvalue weighted by Crippen LogP contribution is -2.28. The van der Waals surface area contributed by atoms with E-state index >= 15 is 0 Å². The smallest absolute Gasteiger partial charge is 0.355 e. The molecule has 0 spiro atoms. The van der Waals surface area contributed by atoms with E-state index in [4.69, 9.17) is 0 Å². The van der Waals surface area contributed by atoms with Crippen LogP contribution in [0.1, 0.15) is 58.3 Å². The maximum atomic E-state index is 12.4. The van der Waals surface area contributed by atoms with E-state index in [0.717, 1.165) is 25.3 Å². The van der Waals surface area contributed by atoms with Crippen LogP contribution in [-0.4, -0.2) is 23.5 Å². The molecule has 0 radical (unpaired) electrons. The Hall–Kier alpha value is -1.77. The van der Waals surface area contributed by atoms with Crippen molar-refractivity contribution in [1.29, 1.82) is 0 Å². The van der Waals surface area contributed by atoms with Gasteiger partial charge >= 0.3 is 15.6 Å². The molecule has 0 aliphatic heterocycles. The van der Waals surface area contributed by atoms with Crippen molar-refractivity contribution in [3.63, 3.8) is 0 Å². The molecule has 0 unspecified atom stereocenters. The Morgan fingerprint density at radius 3 is 2.26 bits per heavy atom. The predicted molar refractivity (Wildman–Crippen MR) is 97.9 cm³/mol. The monoisotopic (exact) mass is 406 g/mol. The maximum absolute atomic E-state index is 12.4. The van der Waals surface area contributed by atoms with Gasteiger partial charge < -0.3 is 8.75 Å². The van der Waals surface area contributed by atoms with Crippen molar-refractivity contribution >= 4 is 21.2 Å². The summed E-state index contributed by atoms with van der Waals surface area (Å²) in [5, 5.41) is 0.714. The fourth-order valence-electron chi connectivity index (χ4n) is 2.85. The Kier molecular flexibility index (Phi) is 7.52. The van der Waals surface area contributed by atoms with Crippen LogP contribution < -0.4 is 4.18 Å². The third-order valence-corrected chi connectivity index (χ3v) is 5.27. The molecule has 0 aliphatic carbocycles. The average Bonchev–Trinajstić information content (AvgIpc) is 2.98. The number of hydrogen-bond acceptors (Lipinski definition) is 4. The van der Waals surface area contributed by atoms with E-state index in [2.05, 4.69) is 16.1 Å². The normalized spacial score (nSPS) is 12.6. The summed E-state index contributed by atoms with van der Waals surface area (Å²) in [4.78, 5) is 3.94. The van der Waals surface area contributed by atoms with Crippen LogP contribution >= 0.6 is 0 Å². The number of halogens is 3. The first-order valence-corrected chi connectivity index (χ1v) is 10.6. The van der Waals surface area contributed by atoms with Gasteiger partial charge in [0, 0.05) is 24.2 Å². The molecule has 27 heavy (non-hydrogen) atoms. The number of rotatable bonds is 11. The van der Waals surface area contributed by atoms with Gasteiger partial charge in [0.2, 0.25) is 5.88 Å². The summed E-state index contributed by atoms with van der Waals surface area (Å²) in [5.74, 6) is -0.587. The first kappa shape index (κ1) is 21.5. The summed E-state index contributed by atoms with van der Waals surface area (Å²) < 4.78 is 65.5. The summed E-state index contributed by atoms with van der Waals surface area (Å²) >= 11 is 0. The number of pyridine rings is 1. The third-order valence-electron chi connectivity index (χ3n) is 4.32. The van der Waals surface area contributed by atoms with Crippen LogP contribution in [-0.2, 0) is 16.7 Å². The number of fused-ring (bicyclic) bond motifs is 1. The van der Waals surface area contributed by atoms with Crippen molar-refractivity contribution in [3.8, 4) is 5.88 Å². The Morgan fingerprint density at radius 2 is 1.63 bits per heavy atom. The first-order chi connectivity index (χ1) is 12.7. The van der Waals surface area contributed by atoms with Gasteiger partial charge in [0.15, 0.2) is 0 Å². The fraction of sp³-hybridized carbons (Fsp3) is 0.611. The average molecular weight is 406 g/mol. The number of nitrogens with zero attached hydrogens (tertiary/aromatic N) is 2.